The lowest BCUT2D eigenvalue weighted by Crippen LogP contribution is -2.02. The van der Waals surface area contributed by atoms with Crippen LogP contribution in [-0.4, -0.2) is 20.2 Å². The average Bonchev–Trinajstić information content (AvgIpc) is 2.67. The first-order valence-electron chi connectivity index (χ1n) is 4.21. The first-order chi connectivity index (χ1) is 7.33. The standard InChI is InChI=1S/C9H6FN5/c10-8-4-2-1-3-7(8)9-12-13-14-15(9)6-5-11/h1-4H,6H2. The molecule has 0 bridgehead atoms. The van der Waals surface area contributed by atoms with Crippen molar-refractivity contribution in [2.45, 2.75) is 6.54 Å². The molecule has 0 aliphatic rings. The zero-order valence-electron chi connectivity index (χ0n) is 7.63. The first kappa shape index (κ1) is 9.27. The highest BCUT2D eigenvalue weighted by Gasteiger charge is 2.11. The zero-order valence-corrected chi connectivity index (χ0v) is 7.63. The number of halogens is 1. The molecule has 0 saturated heterocycles. The zero-order chi connectivity index (χ0) is 10.7. The molecule has 2 aromatic rings. The third-order valence-electron chi connectivity index (χ3n) is 1.87. The molecular formula is C9H6FN5. The predicted octanol–water partition coefficient (Wildman–Crippen LogP) is 1.00. The fourth-order valence-electron chi connectivity index (χ4n) is 1.21. The van der Waals surface area contributed by atoms with Crippen molar-refractivity contribution >= 4 is 0 Å². The van der Waals surface area contributed by atoms with Crippen molar-refractivity contribution in [3.8, 4) is 17.5 Å². The second-order valence-electron chi connectivity index (χ2n) is 2.80. The summed E-state index contributed by atoms with van der Waals surface area (Å²) in [4.78, 5) is 0. The normalized spacial score (nSPS) is 9.87. The second-order valence-corrected chi connectivity index (χ2v) is 2.80. The van der Waals surface area contributed by atoms with Crippen LogP contribution in [-0.2, 0) is 6.54 Å². The van der Waals surface area contributed by atoms with Crippen LogP contribution >= 0.6 is 0 Å². The molecule has 0 saturated carbocycles. The smallest absolute Gasteiger partial charge is 0.185 e. The lowest BCUT2D eigenvalue weighted by atomic mass is 10.2. The Labute approximate surface area is 84.8 Å². The highest BCUT2D eigenvalue weighted by atomic mass is 19.1. The molecule has 15 heavy (non-hydrogen) atoms. The SMILES string of the molecule is N#CCn1nnnc1-c1ccccc1F. The largest absolute Gasteiger partial charge is 0.211 e. The van der Waals surface area contributed by atoms with Crippen LogP contribution < -0.4 is 0 Å². The maximum Gasteiger partial charge on any atom is 0.185 e. The summed E-state index contributed by atoms with van der Waals surface area (Å²) in [6.45, 7) is -0.00331. The number of hydrogen-bond donors (Lipinski definition) is 0. The summed E-state index contributed by atoms with van der Waals surface area (Å²) >= 11 is 0. The number of tetrazole rings is 1. The fraction of sp³-hybridized carbons (Fsp3) is 0.111. The molecule has 0 atom stereocenters. The van der Waals surface area contributed by atoms with Gasteiger partial charge in [-0.25, -0.2) is 9.07 Å². The molecule has 0 spiro atoms. The van der Waals surface area contributed by atoms with E-state index in [-0.39, 0.29) is 17.9 Å². The maximum absolute atomic E-state index is 13.4. The fourth-order valence-corrected chi connectivity index (χ4v) is 1.21. The van der Waals surface area contributed by atoms with Crippen molar-refractivity contribution in [3.63, 3.8) is 0 Å². The Balaban J connectivity index is 2.51. The Morgan fingerprint density at radius 2 is 2.20 bits per heavy atom. The molecule has 1 aromatic carbocycles. The van der Waals surface area contributed by atoms with E-state index in [0.717, 1.165) is 0 Å². The third-order valence-corrected chi connectivity index (χ3v) is 1.87. The van der Waals surface area contributed by atoms with Crippen molar-refractivity contribution in [1.29, 1.82) is 5.26 Å². The number of rotatable bonds is 2. The summed E-state index contributed by atoms with van der Waals surface area (Å²) in [7, 11) is 0. The van der Waals surface area contributed by atoms with E-state index >= 15 is 0 Å². The van der Waals surface area contributed by atoms with Crippen LogP contribution in [0.3, 0.4) is 0 Å². The van der Waals surface area contributed by atoms with Crippen LogP contribution in [0.5, 0.6) is 0 Å². The predicted molar refractivity (Wildman–Crippen MR) is 48.8 cm³/mol. The number of hydrogen-bond acceptors (Lipinski definition) is 4. The number of aromatic nitrogens is 4. The van der Waals surface area contributed by atoms with Gasteiger partial charge in [0.1, 0.15) is 12.4 Å². The Kier molecular flexibility index (Phi) is 2.37. The molecule has 6 heteroatoms. The molecule has 0 N–H and O–H groups in total. The molecule has 2 rings (SSSR count). The Hall–Kier alpha value is -2.29. The number of nitriles is 1. The Morgan fingerprint density at radius 1 is 1.40 bits per heavy atom. The molecule has 0 aliphatic carbocycles. The van der Waals surface area contributed by atoms with Gasteiger partial charge < -0.3 is 0 Å². The van der Waals surface area contributed by atoms with Crippen LogP contribution in [0.4, 0.5) is 4.39 Å². The highest BCUT2D eigenvalue weighted by Crippen LogP contribution is 2.18. The molecule has 0 radical (unpaired) electrons. The first-order valence-corrected chi connectivity index (χ1v) is 4.21. The monoisotopic (exact) mass is 203 g/mol. The van der Waals surface area contributed by atoms with Crippen molar-refractivity contribution in [3.05, 3.63) is 30.1 Å². The molecule has 1 heterocycles. The molecule has 0 fully saturated rings. The van der Waals surface area contributed by atoms with E-state index in [1.54, 1.807) is 18.2 Å². The van der Waals surface area contributed by atoms with Gasteiger partial charge in [0.2, 0.25) is 0 Å². The summed E-state index contributed by atoms with van der Waals surface area (Å²) in [5.74, 6) is -0.152. The molecule has 0 aliphatic heterocycles. The van der Waals surface area contributed by atoms with Gasteiger partial charge in [0.15, 0.2) is 5.82 Å². The van der Waals surface area contributed by atoms with Crippen LogP contribution in [0.15, 0.2) is 24.3 Å². The van der Waals surface area contributed by atoms with Crippen LogP contribution in [0.2, 0.25) is 0 Å². The van der Waals surface area contributed by atoms with Crippen LogP contribution in [0.25, 0.3) is 11.4 Å². The lowest BCUT2D eigenvalue weighted by Gasteiger charge is -2.00. The molecule has 5 nitrogen and oxygen atoms in total. The number of benzene rings is 1. The van der Waals surface area contributed by atoms with Gasteiger partial charge in [-0.05, 0) is 22.6 Å². The average molecular weight is 203 g/mol. The van der Waals surface area contributed by atoms with Crippen LogP contribution in [0.1, 0.15) is 0 Å². The molecule has 1 aromatic heterocycles. The van der Waals surface area contributed by atoms with Gasteiger partial charge in [-0.2, -0.15) is 5.26 Å². The summed E-state index contributed by atoms with van der Waals surface area (Å²) in [5.41, 5.74) is 0.290. The lowest BCUT2D eigenvalue weighted by molar-refractivity contribution is 0.624. The summed E-state index contributed by atoms with van der Waals surface area (Å²) in [6, 6.07) is 8.05. The maximum atomic E-state index is 13.4. The topological polar surface area (TPSA) is 67.4 Å². The van der Waals surface area contributed by atoms with Gasteiger partial charge >= 0.3 is 0 Å². The molecular weight excluding hydrogens is 197 g/mol. The van der Waals surface area contributed by atoms with E-state index in [9.17, 15) is 4.39 Å². The number of nitrogens with zero attached hydrogens (tertiary/aromatic N) is 5. The van der Waals surface area contributed by atoms with Crippen molar-refractivity contribution in [2.24, 2.45) is 0 Å². The van der Waals surface area contributed by atoms with Crippen molar-refractivity contribution in [2.75, 3.05) is 0 Å². The van der Waals surface area contributed by atoms with E-state index in [4.69, 9.17) is 5.26 Å². The Morgan fingerprint density at radius 3 is 2.93 bits per heavy atom. The second kappa shape index (κ2) is 3.84. The van der Waals surface area contributed by atoms with E-state index in [1.165, 1.54) is 10.7 Å². The van der Waals surface area contributed by atoms with E-state index < -0.39 is 5.82 Å². The summed E-state index contributed by atoms with van der Waals surface area (Å²) in [5, 5.41) is 19.2. The quantitative estimate of drug-likeness (QED) is 0.730. The van der Waals surface area contributed by atoms with E-state index in [1.807, 2.05) is 6.07 Å². The Bertz CT molecular complexity index is 513. The minimum Gasteiger partial charge on any atom is -0.211 e. The minimum absolute atomic E-state index is 0.00331. The van der Waals surface area contributed by atoms with Gasteiger partial charge in [-0.1, -0.05) is 12.1 Å². The van der Waals surface area contributed by atoms with Gasteiger partial charge in [-0.15, -0.1) is 5.10 Å². The molecule has 74 valence electrons. The molecule has 0 amide bonds. The third kappa shape index (κ3) is 1.67. The van der Waals surface area contributed by atoms with Crippen LogP contribution in [0, 0.1) is 17.1 Å². The van der Waals surface area contributed by atoms with Gasteiger partial charge in [0.25, 0.3) is 0 Å². The summed E-state index contributed by atoms with van der Waals surface area (Å²) < 4.78 is 14.6. The van der Waals surface area contributed by atoms with Gasteiger partial charge in [-0.3, -0.25) is 0 Å². The van der Waals surface area contributed by atoms with E-state index in [0.29, 0.717) is 0 Å². The van der Waals surface area contributed by atoms with E-state index in [2.05, 4.69) is 15.5 Å². The van der Waals surface area contributed by atoms with Gasteiger partial charge in [0.05, 0.1) is 11.6 Å². The summed E-state index contributed by atoms with van der Waals surface area (Å²) in [6.07, 6.45) is 0. The van der Waals surface area contributed by atoms with Crippen molar-refractivity contribution < 1.29 is 4.39 Å². The van der Waals surface area contributed by atoms with Gasteiger partial charge in [0, 0.05) is 0 Å². The highest BCUT2D eigenvalue weighted by molar-refractivity contribution is 5.55. The molecule has 0 unspecified atom stereocenters. The van der Waals surface area contributed by atoms with Crippen molar-refractivity contribution in [1.82, 2.24) is 20.2 Å². The minimum atomic E-state index is -0.411.